The zero-order valence-corrected chi connectivity index (χ0v) is 11.0. The van der Waals surface area contributed by atoms with Crippen molar-refractivity contribution >= 4 is 15.7 Å². The first-order valence-electron chi connectivity index (χ1n) is 5.46. The summed E-state index contributed by atoms with van der Waals surface area (Å²) in [7, 11) is -4.21. The van der Waals surface area contributed by atoms with Gasteiger partial charge in [-0.15, -0.1) is 0 Å². The fraction of sp³-hybridized carbons (Fsp3) is 0.364. The van der Waals surface area contributed by atoms with Crippen LogP contribution in [0, 0.1) is 23.0 Å². The molecule has 104 valence electrons. The molecule has 5 nitrogen and oxygen atoms in total. The van der Waals surface area contributed by atoms with Gasteiger partial charge in [0.1, 0.15) is 4.90 Å². The highest BCUT2D eigenvalue weighted by molar-refractivity contribution is 7.89. The quantitative estimate of drug-likeness (QED) is 0.831. The first-order chi connectivity index (χ1) is 8.84. The summed E-state index contributed by atoms with van der Waals surface area (Å²) >= 11 is 0. The van der Waals surface area contributed by atoms with Crippen LogP contribution in [0.4, 0.5) is 14.5 Å². The van der Waals surface area contributed by atoms with Crippen molar-refractivity contribution in [2.75, 3.05) is 18.8 Å². The Morgan fingerprint density at radius 2 is 2.05 bits per heavy atom. The van der Waals surface area contributed by atoms with Gasteiger partial charge in [-0.2, -0.15) is 9.57 Å². The molecule has 0 aliphatic rings. The van der Waals surface area contributed by atoms with Crippen molar-refractivity contribution in [1.82, 2.24) is 4.31 Å². The Morgan fingerprint density at radius 3 is 2.58 bits per heavy atom. The minimum absolute atomic E-state index is 0.0415. The monoisotopic (exact) mass is 289 g/mol. The molecule has 0 aromatic heterocycles. The van der Waals surface area contributed by atoms with Crippen molar-refractivity contribution in [2.45, 2.75) is 18.2 Å². The van der Waals surface area contributed by atoms with Gasteiger partial charge in [-0.3, -0.25) is 0 Å². The lowest BCUT2D eigenvalue weighted by Gasteiger charge is -2.19. The van der Waals surface area contributed by atoms with Crippen LogP contribution < -0.4 is 5.73 Å². The van der Waals surface area contributed by atoms with E-state index in [9.17, 15) is 17.2 Å². The number of hydrogen-bond acceptors (Lipinski definition) is 4. The molecule has 0 saturated heterocycles. The third-order valence-corrected chi connectivity index (χ3v) is 4.43. The lowest BCUT2D eigenvalue weighted by atomic mass is 10.3. The van der Waals surface area contributed by atoms with Crippen LogP contribution in [0.1, 0.15) is 13.3 Å². The summed E-state index contributed by atoms with van der Waals surface area (Å²) in [4.78, 5) is -0.815. The Kier molecular flexibility index (Phi) is 4.80. The van der Waals surface area contributed by atoms with Crippen molar-refractivity contribution in [2.24, 2.45) is 0 Å². The number of halogens is 2. The number of hydrogen-bond donors (Lipinski definition) is 1. The molecule has 0 amide bonds. The molecule has 0 radical (unpaired) electrons. The average molecular weight is 289 g/mol. The van der Waals surface area contributed by atoms with E-state index in [1.165, 1.54) is 6.92 Å². The second kappa shape index (κ2) is 5.95. The topological polar surface area (TPSA) is 87.2 Å². The summed E-state index contributed by atoms with van der Waals surface area (Å²) in [6, 6.07) is 3.37. The molecule has 0 saturated carbocycles. The van der Waals surface area contributed by atoms with Crippen LogP contribution in [-0.2, 0) is 10.0 Å². The van der Waals surface area contributed by atoms with Gasteiger partial charge in [0.25, 0.3) is 0 Å². The molecule has 0 aliphatic carbocycles. The normalized spacial score (nSPS) is 11.5. The molecule has 0 unspecified atom stereocenters. The minimum atomic E-state index is -4.21. The summed E-state index contributed by atoms with van der Waals surface area (Å²) in [5, 5.41) is 8.46. The van der Waals surface area contributed by atoms with Crippen molar-refractivity contribution < 1.29 is 17.2 Å². The molecule has 0 aliphatic heterocycles. The number of rotatable bonds is 5. The standard InChI is InChI=1S/C11H13F2N3O2S/c1-2-16(5-3-4-14)19(17,18)10-7-8(15)6-9(12)11(10)13/h6-7H,2-3,5,15H2,1H3. The molecule has 1 rings (SSSR count). The summed E-state index contributed by atoms with van der Waals surface area (Å²) in [5.41, 5.74) is 5.14. The molecule has 0 spiro atoms. The summed E-state index contributed by atoms with van der Waals surface area (Å²) in [5.74, 6) is -2.79. The second-order valence-corrected chi connectivity index (χ2v) is 5.63. The van der Waals surface area contributed by atoms with Gasteiger partial charge in [-0.05, 0) is 12.1 Å². The third kappa shape index (κ3) is 3.19. The predicted molar refractivity (Wildman–Crippen MR) is 65.4 cm³/mol. The van der Waals surface area contributed by atoms with Crippen LogP contribution in [0.2, 0.25) is 0 Å². The molecular formula is C11H13F2N3O2S. The summed E-state index contributed by atoms with van der Waals surface area (Å²) in [6.07, 6.45) is -0.0422. The van der Waals surface area contributed by atoms with Gasteiger partial charge in [0, 0.05) is 25.2 Å². The van der Waals surface area contributed by atoms with Crippen LogP contribution in [0.15, 0.2) is 17.0 Å². The molecular weight excluding hydrogens is 276 g/mol. The first-order valence-corrected chi connectivity index (χ1v) is 6.90. The van der Waals surface area contributed by atoms with Gasteiger partial charge in [-0.1, -0.05) is 6.92 Å². The molecule has 0 bridgehead atoms. The number of benzene rings is 1. The molecule has 8 heteroatoms. The number of nitrogens with zero attached hydrogens (tertiary/aromatic N) is 2. The van der Waals surface area contributed by atoms with Gasteiger partial charge < -0.3 is 5.73 Å². The lowest BCUT2D eigenvalue weighted by Crippen LogP contribution is -2.32. The number of nitrogens with two attached hydrogens (primary N) is 1. The van der Waals surface area contributed by atoms with E-state index in [0.717, 1.165) is 10.4 Å². The largest absolute Gasteiger partial charge is 0.399 e. The molecule has 1 aromatic carbocycles. The van der Waals surface area contributed by atoms with E-state index in [1.54, 1.807) is 6.07 Å². The number of nitrogen functional groups attached to an aromatic ring is 1. The summed E-state index contributed by atoms with van der Waals surface area (Å²) < 4.78 is 52.0. The van der Waals surface area contributed by atoms with E-state index in [4.69, 9.17) is 11.0 Å². The molecule has 0 fully saturated rings. The predicted octanol–water partition coefficient (Wildman–Crippen LogP) is 1.47. The Labute approximate surface area is 110 Å². The Hall–Kier alpha value is -1.72. The Balaban J connectivity index is 3.30. The Bertz CT molecular complexity index is 611. The van der Waals surface area contributed by atoms with E-state index in [1.807, 2.05) is 0 Å². The van der Waals surface area contributed by atoms with E-state index in [2.05, 4.69) is 0 Å². The van der Waals surface area contributed by atoms with E-state index < -0.39 is 26.6 Å². The van der Waals surface area contributed by atoms with Crippen molar-refractivity contribution in [3.05, 3.63) is 23.8 Å². The fourth-order valence-corrected chi connectivity index (χ4v) is 3.09. The molecule has 0 atom stereocenters. The van der Waals surface area contributed by atoms with Crippen LogP contribution in [0.3, 0.4) is 0 Å². The maximum atomic E-state index is 13.6. The smallest absolute Gasteiger partial charge is 0.246 e. The molecule has 1 aromatic rings. The van der Waals surface area contributed by atoms with Crippen LogP contribution in [-0.4, -0.2) is 25.8 Å². The molecule has 0 heterocycles. The second-order valence-electron chi connectivity index (χ2n) is 3.72. The van der Waals surface area contributed by atoms with Gasteiger partial charge >= 0.3 is 0 Å². The number of nitriles is 1. The van der Waals surface area contributed by atoms with Gasteiger partial charge in [0.2, 0.25) is 10.0 Å². The highest BCUT2D eigenvalue weighted by Gasteiger charge is 2.28. The van der Waals surface area contributed by atoms with Crippen LogP contribution in [0.25, 0.3) is 0 Å². The highest BCUT2D eigenvalue weighted by atomic mass is 32.2. The van der Waals surface area contributed by atoms with Crippen LogP contribution >= 0.6 is 0 Å². The van der Waals surface area contributed by atoms with Crippen LogP contribution in [0.5, 0.6) is 0 Å². The highest BCUT2D eigenvalue weighted by Crippen LogP contribution is 2.24. The van der Waals surface area contributed by atoms with Crippen molar-refractivity contribution in [3.8, 4) is 6.07 Å². The molecule has 2 N–H and O–H groups in total. The van der Waals surface area contributed by atoms with Gasteiger partial charge in [0.05, 0.1) is 6.07 Å². The van der Waals surface area contributed by atoms with Gasteiger partial charge in [-0.25, -0.2) is 17.2 Å². The van der Waals surface area contributed by atoms with Gasteiger partial charge in [0.15, 0.2) is 11.6 Å². The minimum Gasteiger partial charge on any atom is -0.399 e. The van der Waals surface area contributed by atoms with E-state index in [-0.39, 0.29) is 25.2 Å². The first kappa shape index (κ1) is 15.3. The fourth-order valence-electron chi connectivity index (χ4n) is 1.53. The SMILES string of the molecule is CCN(CCC#N)S(=O)(=O)c1cc(N)cc(F)c1F. The maximum Gasteiger partial charge on any atom is 0.246 e. The number of sulfonamides is 1. The average Bonchev–Trinajstić information content (AvgIpc) is 2.34. The summed E-state index contributed by atoms with van der Waals surface area (Å²) in [6.45, 7) is 1.49. The van der Waals surface area contributed by atoms with Crippen molar-refractivity contribution in [1.29, 1.82) is 5.26 Å². The van der Waals surface area contributed by atoms with Crippen molar-refractivity contribution in [3.63, 3.8) is 0 Å². The zero-order valence-electron chi connectivity index (χ0n) is 10.2. The Morgan fingerprint density at radius 1 is 1.42 bits per heavy atom. The van der Waals surface area contributed by atoms with E-state index in [0.29, 0.717) is 6.07 Å². The zero-order chi connectivity index (χ0) is 14.6. The maximum absolute atomic E-state index is 13.6. The van der Waals surface area contributed by atoms with E-state index >= 15 is 0 Å². The lowest BCUT2D eigenvalue weighted by molar-refractivity contribution is 0.424. The molecule has 19 heavy (non-hydrogen) atoms. The third-order valence-electron chi connectivity index (χ3n) is 2.46. The number of anilines is 1.